The van der Waals surface area contributed by atoms with Gasteiger partial charge in [-0.05, 0) is 36.8 Å². The van der Waals surface area contributed by atoms with Crippen LogP contribution in [0.3, 0.4) is 0 Å². The predicted molar refractivity (Wildman–Crippen MR) is 87.0 cm³/mol. The van der Waals surface area contributed by atoms with Gasteiger partial charge in [0, 0.05) is 5.02 Å². The number of hydrogen-bond donors (Lipinski definition) is 1. The van der Waals surface area contributed by atoms with E-state index in [1.54, 1.807) is 24.3 Å². The van der Waals surface area contributed by atoms with E-state index in [1.807, 2.05) is 25.1 Å². The van der Waals surface area contributed by atoms with Crippen LogP contribution in [0, 0.1) is 6.92 Å². The fourth-order valence-corrected chi connectivity index (χ4v) is 2.09. The van der Waals surface area contributed by atoms with Crippen molar-refractivity contribution in [1.82, 2.24) is 5.32 Å². The highest BCUT2D eigenvalue weighted by molar-refractivity contribution is 6.31. The molecule has 0 aliphatic carbocycles. The highest BCUT2D eigenvalue weighted by atomic mass is 35.5. The molecule has 4 nitrogen and oxygen atoms in total. The van der Waals surface area contributed by atoms with Crippen molar-refractivity contribution in [2.45, 2.75) is 6.92 Å². The molecule has 116 valence electrons. The highest BCUT2D eigenvalue weighted by Gasteiger charge is 2.10. The zero-order valence-corrected chi connectivity index (χ0v) is 13.3. The maximum absolute atomic E-state index is 12.1. The van der Waals surface area contributed by atoms with Gasteiger partial charge in [-0.1, -0.05) is 29.8 Å². The number of ether oxygens (including phenoxy) is 2. The average molecular weight is 320 g/mol. The van der Waals surface area contributed by atoms with Gasteiger partial charge in [0.15, 0.2) is 0 Å². The van der Waals surface area contributed by atoms with Crippen LogP contribution < -0.4 is 14.8 Å². The molecular formula is C17H18ClNO3. The van der Waals surface area contributed by atoms with Gasteiger partial charge in [-0.15, -0.1) is 0 Å². The summed E-state index contributed by atoms with van der Waals surface area (Å²) in [5.41, 5.74) is 1.50. The summed E-state index contributed by atoms with van der Waals surface area (Å²) in [5.74, 6) is 1.04. The molecule has 2 aromatic carbocycles. The van der Waals surface area contributed by atoms with Crippen molar-refractivity contribution in [3.05, 3.63) is 58.6 Å². The van der Waals surface area contributed by atoms with Crippen molar-refractivity contribution in [1.29, 1.82) is 0 Å². The molecule has 0 aliphatic heterocycles. The molecular weight excluding hydrogens is 302 g/mol. The molecule has 0 spiro atoms. The Kier molecular flexibility index (Phi) is 5.67. The minimum Gasteiger partial charge on any atom is -0.496 e. The third-order valence-corrected chi connectivity index (χ3v) is 3.56. The summed E-state index contributed by atoms with van der Waals surface area (Å²) in [6.45, 7) is 2.68. The zero-order chi connectivity index (χ0) is 15.9. The number of methoxy groups -OCH3 is 1. The fraction of sp³-hybridized carbons (Fsp3) is 0.235. The summed E-state index contributed by atoms with van der Waals surface area (Å²) in [7, 11) is 1.54. The van der Waals surface area contributed by atoms with E-state index in [2.05, 4.69) is 5.32 Å². The number of rotatable bonds is 6. The molecule has 0 radical (unpaired) electrons. The molecule has 2 rings (SSSR count). The molecule has 0 atom stereocenters. The second-order valence-corrected chi connectivity index (χ2v) is 5.12. The molecule has 0 unspecified atom stereocenters. The second-order valence-electron chi connectivity index (χ2n) is 4.72. The van der Waals surface area contributed by atoms with Crippen molar-refractivity contribution in [3.8, 4) is 11.5 Å². The fourth-order valence-electron chi connectivity index (χ4n) is 1.92. The van der Waals surface area contributed by atoms with E-state index in [-0.39, 0.29) is 5.91 Å². The molecule has 22 heavy (non-hydrogen) atoms. The first-order chi connectivity index (χ1) is 10.6. The number of halogens is 1. The summed E-state index contributed by atoms with van der Waals surface area (Å²) in [6.07, 6.45) is 0. The first-order valence-electron chi connectivity index (χ1n) is 6.92. The Morgan fingerprint density at radius 1 is 1.23 bits per heavy atom. The summed E-state index contributed by atoms with van der Waals surface area (Å²) in [5, 5.41) is 3.46. The first kappa shape index (κ1) is 16.2. The van der Waals surface area contributed by atoms with Gasteiger partial charge < -0.3 is 14.8 Å². The summed E-state index contributed by atoms with van der Waals surface area (Å²) in [6, 6.07) is 12.6. The van der Waals surface area contributed by atoms with Crippen molar-refractivity contribution in [2.24, 2.45) is 0 Å². The summed E-state index contributed by atoms with van der Waals surface area (Å²) < 4.78 is 10.7. The molecule has 1 amide bonds. The van der Waals surface area contributed by atoms with Crippen LogP contribution in [-0.2, 0) is 0 Å². The number of para-hydroxylation sites is 1. The standard InChI is InChI=1S/C17H18ClNO3/c1-12-7-8-13(11-15(12)18)22-10-9-19-17(20)14-5-3-4-6-16(14)21-2/h3-8,11H,9-10H2,1-2H3,(H,19,20). The van der Waals surface area contributed by atoms with Crippen molar-refractivity contribution in [2.75, 3.05) is 20.3 Å². The van der Waals surface area contributed by atoms with Crippen molar-refractivity contribution >= 4 is 17.5 Å². The normalized spacial score (nSPS) is 10.1. The number of nitrogens with one attached hydrogen (secondary N) is 1. The van der Waals surface area contributed by atoms with Crippen molar-refractivity contribution < 1.29 is 14.3 Å². The van der Waals surface area contributed by atoms with Crippen LogP contribution in [-0.4, -0.2) is 26.2 Å². The number of carbonyl (C=O) groups excluding carboxylic acids is 1. The van der Waals surface area contributed by atoms with E-state index in [0.29, 0.717) is 35.2 Å². The van der Waals surface area contributed by atoms with E-state index < -0.39 is 0 Å². The van der Waals surface area contributed by atoms with E-state index in [0.717, 1.165) is 5.56 Å². The molecule has 0 saturated heterocycles. The lowest BCUT2D eigenvalue weighted by Gasteiger charge is -2.10. The lowest BCUT2D eigenvalue weighted by Crippen LogP contribution is -2.28. The highest BCUT2D eigenvalue weighted by Crippen LogP contribution is 2.21. The lowest BCUT2D eigenvalue weighted by molar-refractivity contribution is 0.0944. The number of carbonyl (C=O) groups is 1. The Balaban J connectivity index is 1.83. The Hall–Kier alpha value is -2.20. The van der Waals surface area contributed by atoms with Crippen molar-refractivity contribution in [3.63, 3.8) is 0 Å². The Morgan fingerprint density at radius 3 is 2.73 bits per heavy atom. The Bertz CT molecular complexity index is 658. The summed E-state index contributed by atoms with van der Waals surface area (Å²) >= 11 is 6.03. The van der Waals surface area contributed by atoms with Gasteiger partial charge in [0.05, 0.1) is 19.2 Å². The van der Waals surface area contributed by atoms with E-state index in [9.17, 15) is 4.79 Å². The molecule has 0 bridgehead atoms. The second kappa shape index (κ2) is 7.71. The first-order valence-corrected chi connectivity index (χ1v) is 7.30. The van der Waals surface area contributed by atoms with Gasteiger partial charge in [0.1, 0.15) is 18.1 Å². The maximum Gasteiger partial charge on any atom is 0.255 e. The minimum atomic E-state index is -0.192. The molecule has 0 aliphatic rings. The molecule has 5 heteroatoms. The monoisotopic (exact) mass is 319 g/mol. The predicted octanol–water partition coefficient (Wildman–Crippen LogP) is 3.47. The number of amides is 1. The van der Waals surface area contributed by atoms with Crippen LogP contribution in [0.2, 0.25) is 5.02 Å². The third-order valence-electron chi connectivity index (χ3n) is 3.15. The molecule has 0 saturated carbocycles. The van der Waals surface area contributed by atoms with Gasteiger partial charge in [-0.3, -0.25) is 4.79 Å². The Labute approximate surface area is 135 Å². The van der Waals surface area contributed by atoms with Gasteiger partial charge in [-0.2, -0.15) is 0 Å². The maximum atomic E-state index is 12.1. The van der Waals surface area contributed by atoms with Crippen LogP contribution >= 0.6 is 11.6 Å². The van der Waals surface area contributed by atoms with Gasteiger partial charge in [0.25, 0.3) is 5.91 Å². The van der Waals surface area contributed by atoms with Crippen LogP contribution in [0.4, 0.5) is 0 Å². The average Bonchev–Trinajstić information content (AvgIpc) is 2.54. The number of benzene rings is 2. The SMILES string of the molecule is COc1ccccc1C(=O)NCCOc1ccc(C)c(Cl)c1. The molecule has 2 aromatic rings. The van der Waals surface area contributed by atoms with Crippen LogP contribution in [0.25, 0.3) is 0 Å². The minimum absolute atomic E-state index is 0.192. The number of hydrogen-bond acceptors (Lipinski definition) is 3. The van der Waals surface area contributed by atoms with Crippen LogP contribution in [0.15, 0.2) is 42.5 Å². The molecule has 0 heterocycles. The molecule has 0 fully saturated rings. The molecule has 1 N–H and O–H groups in total. The lowest BCUT2D eigenvalue weighted by atomic mass is 10.2. The molecule has 0 aromatic heterocycles. The van der Waals surface area contributed by atoms with Gasteiger partial charge in [0.2, 0.25) is 0 Å². The van der Waals surface area contributed by atoms with Gasteiger partial charge >= 0.3 is 0 Å². The third kappa shape index (κ3) is 4.15. The van der Waals surface area contributed by atoms with Crippen LogP contribution in [0.5, 0.6) is 11.5 Å². The summed E-state index contributed by atoms with van der Waals surface area (Å²) in [4.78, 5) is 12.1. The quantitative estimate of drug-likeness (QED) is 0.829. The van der Waals surface area contributed by atoms with E-state index in [4.69, 9.17) is 21.1 Å². The number of aryl methyl sites for hydroxylation is 1. The van der Waals surface area contributed by atoms with Crippen LogP contribution in [0.1, 0.15) is 15.9 Å². The Morgan fingerprint density at radius 2 is 2.00 bits per heavy atom. The zero-order valence-electron chi connectivity index (χ0n) is 12.6. The largest absolute Gasteiger partial charge is 0.496 e. The van der Waals surface area contributed by atoms with Gasteiger partial charge in [-0.25, -0.2) is 0 Å². The van der Waals surface area contributed by atoms with E-state index in [1.165, 1.54) is 7.11 Å². The van der Waals surface area contributed by atoms with E-state index >= 15 is 0 Å². The topological polar surface area (TPSA) is 47.6 Å². The smallest absolute Gasteiger partial charge is 0.255 e.